The van der Waals surface area contributed by atoms with E-state index in [2.05, 4.69) is 20.9 Å². The number of fused-ring (bicyclic) bond motifs is 1. The van der Waals surface area contributed by atoms with Crippen molar-refractivity contribution >= 4 is 50.5 Å². The summed E-state index contributed by atoms with van der Waals surface area (Å²) in [6.07, 6.45) is 2.11. The third-order valence-corrected chi connectivity index (χ3v) is 5.97. The van der Waals surface area contributed by atoms with Gasteiger partial charge in [0.15, 0.2) is 0 Å². The summed E-state index contributed by atoms with van der Waals surface area (Å²) in [6.45, 7) is 5.28. The van der Waals surface area contributed by atoms with E-state index in [1.54, 1.807) is 4.90 Å². The standard InChI is InChI=1S/C18H20BrClN2O2S/c1-3-24-11(2)18-21-14(10-25-18)9-16(23)22-6-4-5-12-7-13(19)8-15(20)17(12)22/h7-8,10-11H,3-6,9H2,1-2H3. The van der Waals surface area contributed by atoms with Gasteiger partial charge in [-0.2, -0.15) is 0 Å². The van der Waals surface area contributed by atoms with E-state index in [4.69, 9.17) is 16.3 Å². The van der Waals surface area contributed by atoms with Crippen LogP contribution in [-0.2, 0) is 22.4 Å². The van der Waals surface area contributed by atoms with E-state index >= 15 is 0 Å². The van der Waals surface area contributed by atoms with E-state index in [9.17, 15) is 4.79 Å². The molecule has 25 heavy (non-hydrogen) atoms. The molecular formula is C18H20BrClN2O2S. The molecule has 0 bridgehead atoms. The van der Waals surface area contributed by atoms with Crippen molar-refractivity contribution in [2.24, 2.45) is 0 Å². The Morgan fingerprint density at radius 1 is 1.52 bits per heavy atom. The molecule has 3 rings (SSSR count). The van der Waals surface area contributed by atoms with Gasteiger partial charge in [0.05, 0.1) is 22.8 Å². The van der Waals surface area contributed by atoms with Crippen LogP contribution in [0.2, 0.25) is 5.02 Å². The number of hydrogen-bond donors (Lipinski definition) is 0. The second-order valence-electron chi connectivity index (χ2n) is 6.00. The van der Waals surface area contributed by atoms with E-state index in [1.165, 1.54) is 11.3 Å². The number of benzene rings is 1. The normalized spacial score (nSPS) is 15.1. The average molecular weight is 444 g/mol. The molecule has 7 heteroatoms. The van der Waals surface area contributed by atoms with Crippen LogP contribution in [0.3, 0.4) is 0 Å². The fourth-order valence-corrected chi connectivity index (χ4v) is 4.86. The summed E-state index contributed by atoms with van der Waals surface area (Å²) in [5.74, 6) is 0.0334. The highest BCUT2D eigenvalue weighted by Gasteiger charge is 2.26. The summed E-state index contributed by atoms with van der Waals surface area (Å²) in [5.41, 5.74) is 2.75. The molecule has 1 aliphatic rings. The molecule has 1 amide bonds. The van der Waals surface area contributed by atoms with Crippen molar-refractivity contribution in [3.63, 3.8) is 0 Å². The lowest BCUT2D eigenvalue weighted by Crippen LogP contribution is -2.36. The molecule has 4 nitrogen and oxygen atoms in total. The zero-order valence-corrected chi connectivity index (χ0v) is 17.4. The molecule has 1 aromatic heterocycles. The number of thiazole rings is 1. The number of ether oxygens (including phenoxy) is 1. The van der Waals surface area contributed by atoms with Crippen molar-refractivity contribution in [1.82, 2.24) is 4.98 Å². The van der Waals surface area contributed by atoms with Crippen molar-refractivity contribution in [3.05, 3.63) is 43.3 Å². The monoisotopic (exact) mass is 442 g/mol. The van der Waals surface area contributed by atoms with Crippen LogP contribution >= 0.6 is 38.9 Å². The third-order valence-electron chi connectivity index (χ3n) is 4.17. The van der Waals surface area contributed by atoms with Gasteiger partial charge in [0, 0.05) is 23.0 Å². The molecular weight excluding hydrogens is 424 g/mol. The number of halogens is 2. The first kappa shape index (κ1) is 18.8. The van der Waals surface area contributed by atoms with Gasteiger partial charge in [0.1, 0.15) is 11.1 Å². The van der Waals surface area contributed by atoms with Gasteiger partial charge in [-0.3, -0.25) is 4.79 Å². The Morgan fingerprint density at radius 3 is 3.08 bits per heavy atom. The Labute approximate surface area is 165 Å². The molecule has 0 saturated carbocycles. The number of carbonyl (C=O) groups excluding carboxylic acids is 1. The highest BCUT2D eigenvalue weighted by molar-refractivity contribution is 9.10. The Bertz CT molecular complexity index is 780. The highest BCUT2D eigenvalue weighted by Crippen LogP contribution is 2.37. The van der Waals surface area contributed by atoms with Crippen LogP contribution in [0.25, 0.3) is 0 Å². The number of carbonyl (C=O) groups is 1. The van der Waals surface area contributed by atoms with Crippen LogP contribution in [0.15, 0.2) is 22.0 Å². The minimum atomic E-state index is -0.0404. The van der Waals surface area contributed by atoms with E-state index in [1.807, 2.05) is 31.4 Å². The van der Waals surface area contributed by atoms with Gasteiger partial charge in [-0.25, -0.2) is 4.98 Å². The second kappa shape index (κ2) is 8.16. The third kappa shape index (κ3) is 4.25. The summed E-state index contributed by atoms with van der Waals surface area (Å²) in [5, 5.41) is 3.46. The van der Waals surface area contributed by atoms with E-state index in [0.717, 1.165) is 39.3 Å². The Balaban J connectivity index is 1.77. The summed E-state index contributed by atoms with van der Waals surface area (Å²) in [4.78, 5) is 19.2. The smallest absolute Gasteiger partial charge is 0.233 e. The molecule has 1 atom stereocenters. The molecule has 2 heterocycles. The number of aryl methyl sites for hydroxylation is 1. The van der Waals surface area contributed by atoms with Crippen molar-refractivity contribution in [2.45, 2.75) is 39.2 Å². The van der Waals surface area contributed by atoms with Crippen LogP contribution in [0.4, 0.5) is 5.69 Å². The van der Waals surface area contributed by atoms with Gasteiger partial charge in [-0.15, -0.1) is 11.3 Å². The maximum Gasteiger partial charge on any atom is 0.233 e. The number of nitrogens with zero attached hydrogens (tertiary/aromatic N) is 2. The topological polar surface area (TPSA) is 42.4 Å². The molecule has 0 saturated heterocycles. The summed E-state index contributed by atoms with van der Waals surface area (Å²) in [6, 6.07) is 3.89. The van der Waals surface area contributed by atoms with Crippen molar-refractivity contribution in [1.29, 1.82) is 0 Å². The van der Waals surface area contributed by atoms with Crippen LogP contribution in [0.5, 0.6) is 0 Å². The molecule has 2 aromatic rings. The average Bonchev–Trinajstić information content (AvgIpc) is 3.02. The molecule has 0 fully saturated rings. The van der Waals surface area contributed by atoms with Gasteiger partial charge in [0.2, 0.25) is 5.91 Å². The first-order valence-corrected chi connectivity index (χ1v) is 10.4. The van der Waals surface area contributed by atoms with Gasteiger partial charge < -0.3 is 9.64 Å². The van der Waals surface area contributed by atoms with Crippen LogP contribution in [0, 0.1) is 0 Å². The fourth-order valence-electron chi connectivity index (χ4n) is 3.06. The predicted molar refractivity (Wildman–Crippen MR) is 106 cm³/mol. The predicted octanol–water partition coefficient (Wildman–Crippen LogP) is 5.18. The maximum absolute atomic E-state index is 12.9. The maximum atomic E-state index is 12.9. The van der Waals surface area contributed by atoms with E-state index in [0.29, 0.717) is 18.2 Å². The number of rotatable bonds is 5. The molecule has 134 valence electrons. The Kier molecular flexibility index (Phi) is 6.15. The van der Waals surface area contributed by atoms with Gasteiger partial charge in [-0.1, -0.05) is 27.5 Å². The molecule has 0 N–H and O–H groups in total. The van der Waals surface area contributed by atoms with Crippen molar-refractivity contribution in [3.8, 4) is 0 Å². The summed E-state index contributed by atoms with van der Waals surface area (Å²) < 4.78 is 6.51. The minimum Gasteiger partial charge on any atom is -0.372 e. The van der Waals surface area contributed by atoms with Crippen molar-refractivity contribution < 1.29 is 9.53 Å². The molecule has 0 aliphatic carbocycles. The number of aromatic nitrogens is 1. The number of anilines is 1. The fraction of sp³-hybridized carbons (Fsp3) is 0.444. The Hall–Kier alpha value is -0.950. The molecule has 1 unspecified atom stereocenters. The second-order valence-corrected chi connectivity index (χ2v) is 8.21. The van der Waals surface area contributed by atoms with Gasteiger partial charge in [0.25, 0.3) is 0 Å². The zero-order valence-electron chi connectivity index (χ0n) is 14.2. The summed E-state index contributed by atoms with van der Waals surface area (Å²) in [7, 11) is 0. The first-order valence-electron chi connectivity index (χ1n) is 8.33. The lowest BCUT2D eigenvalue weighted by molar-refractivity contribution is -0.118. The SMILES string of the molecule is CCOC(C)c1nc(CC(=O)N2CCCc3cc(Br)cc(Cl)c32)cs1. The summed E-state index contributed by atoms with van der Waals surface area (Å²) >= 11 is 11.4. The lowest BCUT2D eigenvalue weighted by Gasteiger charge is -2.30. The molecule has 0 spiro atoms. The lowest BCUT2D eigenvalue weighted by atomic mass is 10.0. The first-order chi connectivity index (χ1) is 12.0. The van der Waals surface area contributed by atoms with Gasteiger partial charge >= 0.3 is 0 Å². The quantitative estimate of drug-likeness (QED) is 0.639. The largest absolute Gasteiger partial charge is 0.372 e. The minimum absolute atomic E-state index is 0.0334. The zero-order chi connectivity index (χ0) is 18.0. The molecule has 0 radical (unpaired) electrons. The molecule has 1 aromatic carbocycles. The van der Waals surface area contributed by atoms with Crippen molar-refractivity contribution in [2.75, 3.05) is 18.1 Å². The van der Waals surface area contributed by atoms with E-state index in [-0.39, 0.29) is 18.4 Å². The highest BCUT2D eigenvalue weighted by atomic mass is 79.9. The van der Waals surface area contributed by atoms with Crippen LogP contribution in [0.1, 0.15) is 42.6 Å². The van der Waals surface area contributed by atoms with Crippen LogP contribution < -0.4 is 4.90 Å². The Morgan fingerprint density at radius 2 is 2.32 bits per heavy atom. The van der Waals surface area contributed by atoms with Crippen LogP contribution in [-0.4, -0.2) is 24.0 Å². The molecule has 1 aliphatic heterocycles. The number of hydrogen-bond acceptors (Lipinski definition) is 4. The number of amides is 1. The van der Waals surface area contributed by atoms with Gasteiger partial charge in [-0.05, 0) is 44.4 Å². The van der Waals surface area contributed by atoms with E-state index < -0.39 is 0 Å².